The first-order valence-corrected chi connectivity index (χ1v) is 7.40. The maximum atomic E-state index is 10.2. The molecular weight excluding hydrogens is 308 g/mol. The van der Waals surface area contributed by atoms with E-state index in [4.69, 9.17) is 4.74 Å². The predicted molar refractivity (Wildman–Crippen MR) is 80.1 cm³/mol. The number of hydrogen-bond acceptors (Lipinski definition) is 4. The third-order valence-electron chi connectivity index (χ3n) is 3.59. The van der Waals surface area contributed by atoms with Gasteiger partial charge in [0.15, 0.2) is 11.5 Å². The third-order valence-corrected chi connectivity index (χ3v) is 4.69. The topological polar surface area (TPSA) is 44.7 Å². The van der Waals surface area contributed by atoms with Gasteiger partial charge in [-0.25, -0.2) is 0 Å². The van der Waals surface area contributed by atoms with Gasteiger partial charge in [0, 0.05) is 42.8 Å². The number of phenolic OH excluding ortho intramolecular Hbond substituents is 1. The fourth-order valence-electron chi connectivity index (χ4n) is 2.41. The highest BCUT2D eigenvalue weighted by Crippen LogP contribution is 2.38. The number of hydrogen-bond donors (Lipinski definition) is 2. The number of piperazine rings is 1. The Morgan fingerprint density at radius 1 is 1.42 bits per heavy atom. The van der Waals surface area contributed by atoms with Crippen molar-refractivity contribution in [1.82, 2.24) is 10.2 Å². The van der Waals surface area contributed by atoms with Crippen LogP contribution >= 0.6 is 15.9 Å². The highest BCUT2D eigenvalue weighted by Gasteiger charge is 2.16. The number of phenols is 1. The van der Waals surface area contributed by atoms with Crippen LogP contribution < -0.4 is 10.1 Å². The number of rotatable bonds is 4. The minimum atomic E-state index is 0.259. The Kier molecular flexibility index (Phi) is 5.07. The molecule has 1 aromatic carbocycles. The summed E-state index contributed by atoms with van der Waals surface area (Å²) in [5, 5.41) is 13.6. The number of nitrogens with zero attached hydrogens (tertiary/aromatic N) is 1. The quantitative estimate of drug-likeness (QED) is 0.886. The molecule has 1 aromatic rings. The molecule has 0 unspecified atom stereocenters. The summed E-state index contributed by atoms with van der Waals surface area (Å²) < 4.78 is 6.21. The Morgan fingerprint density at radius 3 is 2.74 bits per heavy atom. The molecule has 1 aliphatic heterocycles. The summed E-state index contributed by atoms with van der Waals surface area (Å²) in [5.74, 6) is 0.811. The van der Waals surface area contributed by atoms with Gasteiger partial charge in [-0.3, -0.25) is 0 Å². The Hall–Kier alpha value is -0.780. The van der Waals surface area contributed by atoms with Crippen LogP contribution in [0, 0.1) is 6.92 Å². The normalized spacial score (nSPS) is 16.6. The zero-order valence-corrected chi connectivity index (χ0v) is 13.1. The first-order valence-electron chi connectivity index (χ1n) is 6.61. The largest absolute Gasteiger partial charge is 0.504 e. The minimum Gasteiger partial charge on any atom is -0.504 e. The fourth-order valence-corrected chi connectivity index (χ4v) is 2.91. The molecule has 0 aliphatic carbocycles. The minimum absolute atomic E-state index is 0.259. The molecular formula is C14H21BrN2O2. The van der Waals surface area contributed by atoms with Crippen LogP contribution in [0.25, 0.3) is 0 Å². The zero-order chi connectivity index (χ0) is 13.8. The van der Waals surface area contributed by atoms with E-state index >= 15 is 0 Å². The first kappa shape index (κ1) is 14.6. The average Bonchev–Trinajstić information content (AvgIpc) is 2.44. The van der Waals surface area contributed by atoms with E-state index in [-0.39, 0.29) is 5.75 Å². The average molecular weight is 329 g/mol. The molecule has 1 heterocycles. The van der Waals surface area contributed by atoms with Crippen LogP contribution in [0.3, 0.4) is 0 Å². The van der Waals surface area contributed by atoms with Crippen molar-refractivity contribution in [2.45, 2.75) is 13.3 Å². The van der Waals surface area contributed by atoms with Crippen LogP contribution in [-0.2, 0) is 6.42 Å². The van der Waals surface area contributed by atoms with Crippen LogP contribution in [0.2, 0.25) is 0 Å². The Morgan fingerprint density at radius 2 is 2.11 bits per heavy atom. The first-order chi connectivity index (χ1) is 9.13. The lowest BCUT2D eigenvalue weighted by atomic mass is 10.1. The van der Waals surface area contributed by atoms with E-state index in [1.54, 1.807) is 7.11 Å². The van der Waals surface area contributed by atoms with Crippen LogP contribution in [0.15, 0.2) is 10.5 Å². The molecule has 1 saturated heterocycles. The van der Waals surface area contributed by atoms with Crippen LogP contribution in [0.1, 0.15) is 11.1 Å². The molecule has 0 saturated carbocycles. The molecule has 2 N–H and O–H groups in total. The van der Waals surface area contributed by atoms with E-state index in [1.807, 2.05) is 13.0 Å². The fraction of sp³-hybridized carbons (Fsp3) is 0.571. The molecule has 0 bridgehead atoms. The van der Waals surface area contributed by atoms with Gasteiger partial charge in [-0.2, -0.15) is 0 Å². The summed E-state index contributed by atoms with van der Waals surface area (Å²) in [6.07, 6.45) is 0.824. The number of benzene rings is 1. The molecule has 0 aromatic heterocycles. The van der Waals surface area contributed by atoms with Gasteiger partial charge in [0.05, 0.1) is 7.11 Å². The lowest BCUT2D eigenvalue weighted by Gasteiger charge is -2.27. The van der Waals surface area contributed by atoms with Crippen molar-refractivity contribution < 1.29 is 9.84 Å². The van der Waals surface area contributed by atoms with Gasteiger partial charge in [0.2, 0.25) is 0 Å². The summed E-state index contributed by atoms with van der Waals surface area (Å²) in [4.78, 5) is 2.41. The van der Waals surface area contributed by atoms with Crippen LogP contribution in [-0.4, -0.2) is 49.8 Å². The standard InChI is InChI=1S/C14H21BrN2O2/c1-10-9-12(19-2)14(18)11(13(10)15)3-6-17-7-4-16-5-8-17/h9,16,18H,3-8H2,1-2H3. The lowest BCUT2D eigenvalue weighted by molar-refractivity contribution is 0.243. The maximum absolute atomic E-state index is 10.2. The number of methoxy groups -OCH3 is 1. The zero-order valence-electron chi connectivity index (χ0n) is 11.5. The van der Waals surface area contributed by atoms with Gasteiger partial charge >= 0.3 is 0 Å². The number of ether oxygens (including phenoxy) is 1. The maximum Gasteiger partial charge on any atom is 0.162 e. The van der Waals surface area contributed by atoms with E-state index in [1.165, 1.54) is 0 Å². The summed E-state index contributed by atoms with van der Waals surface area (Å²) in [7, 11) is 1.59. The van der Waals surface area contributed by atoms with Gasteiger partial charge in [0.1, 0.15) is 0 Å². The smallest absolute Gasteiger partial charge is 0.162 e. The summed E-state index contributed by atoms with van der Waals surface area (Å²) >= 11 is 3.57. The van der Waals surface area contributed by atoms with Crippen molar-refractivity contribution in [1.29, 1.82) is 0 Å². The van der Waals surface area contributed by atoms with Gasteiger partial charge in [0.25, 0.3) is 0 Å². The highest BCUT2D eigenvalue weighted by molar-refractivity contribution is 9.10. The Labute approximate surface area is 122 Å². The van der Waals surface area contributed by atoms with Gasteiger partial charge in [-0.15, -0.1) is 0 Å². The summed E-state index contributed by atoms with van der Waals surface area (Å²) in [6.45, 7) is 7.21. The third kappa shape index (κ3) is 3.41. The van der Waals surface area contributed by atoms with Crippen molar-refractivity contribution >= 4 is 15.9 Å². The molecule has 0 spiro atoms. The van der Waals surface area contributed by atoms with Crippen molar-refractivity contribution in [2.75, 3.05) is 39.8 Å². The second kappa shape index (κ2) is 6.59. The molecule has 4 nitrogen and oxygen atoms in total. The molecule has 0 radical (unpaired) electrons. The van der Waals surface area contributed by atoms with Crippen LogP contribution in [0.4, 0.5) is 0 Å². The molecule has 0 atom stereocenters. The summed E-state index contributed by atoms with van der Waals surface area (Å²) in [6, 6.07) is 1.85. The van der Waals surface area contributed by atoms with Gasteiger partial charge in [-0.1, -0.05) is 15.9 Å². The molecule has 5 heteroatoms. The highest BCUT2D eigenvalue weighted by atomic mass is 79.9. The number of aryl methyl sites for hydroxylation is 1. The van der Waals surface area contributed by atoms with Crippen molar-refractivity contribution in [3.63, 3.8) is 0 Å². The Balaban J connectivity index is 2.12. The van der Waals surface area contributed by atoms with E-state index in [0.717, 1.165) is 54.7 Å². The molecule has 2 rings (SSSR count). The van der Waals surface area contributed by atoms with Crippen LogP contribution in [0.5, 0.6) is 11.5 Å². The van der Waals surface area contributed by atoms with E-state index in [9.17, 15) is 5.11 Å². The van der Waals surface area contributed by atoms with E-state index in [0.29, 0.717) is 5.75 Å². The SMILES string of the molecule is COc1cc(C)c(Br)c(CCN2CCNCC2)c1O. The molecule has 0 amide bonds. The van der Waals surface area contributed by atoms with Crippen molar-refractivity contribution in [2.24, 2.45) is 0 Å². The van der Waals surface area contributed by atoms with E-state index in [2.05, 4.69) is 26.1 Å². The second-order valence-electron chi connectivity index (χ2n) is 4.88. The molecule has 1 aliphatic rings. The lowest BCUT2D eigenvalue weighted by Crippen LogP contribution is -2.44. The van der Waals surface area contributed by atoms with Gasteiger partial charge in [-0.05, 0) is 25.0 Å². The second-order valence-corrected chi connectivity index (χ2v) is 5.67. The molecule has 106 valence electrons. The van der Waals surface area contributed by atoms with Gasteiger partial charge < -0.3 is 20.1 Å². The monoisotopic (exact) mass is 328 g/mol. The number of aromatic hydroxyl groups is 1. The predicted octanol–water partition coefficient (Wildman–Crippen LogP) is 1.92. The Bertz CT molecular complexity index is 446. The molecule has 19 heavy (non-hydrogen) atoms. The molecule has 1 fully saturated rings. The number of halogens is 1. The number of nitrogens with one attached hydrogen (secondary N) is 1. The van der Waals surface area contributed by atoms with Crippen molar-refractivity contribution in [3.05, 3.63) is 21.7 Å². The van der Waals surface area contributed by atoms with E-state index < -0.39 is 0 Å². The van der Waals surface area contributed by atoms with Crippen molar-refractivity contribution in [3.8, 4) is 11.5 Å². The summed E-state index contributed by atoms with van der Waals surface area (Å²) in [5.41, 5.74) is 2.03.